The Kier molecular flexibility index (Phi) is 15.1. The van der Waals surface area contributed by atoms with E-state index in [9.17, 15) is 24.6 Å². The van der Waals surface area contributed by atoms with Gasteiger partial charge in [0.05, 0.1) is 35.1 Å². The number of rotatable bonds is 12. The number of carboxylic acids is 2. The number of terminal acetylenes is 1. The third-order valence-electron chi connectivity index (χ3n) is 11.9. The maximum absolute atomic E-state index is 13.2. The first kappa shape index (κ1) is 39.6. The van der Waals surface area contributed by atoms with Gasteiger partial charge in [-0.3, -0.25) is 14.4 Å². The summed E-state index contributed by atoms with van der Waals surface area (Å²) in [5.41, 5.74) is 0. The summed E-state index contributed by atoms with van der Waals surface area (Å²) >= 11 is 13.6. The lowest BCUT2D eigenvalue weighted by atomic mass is 9.72. The number of ether oxygens (including phenoxy) is 4. The molecule has 12 atom stereocenters. The van der Waals surface area contributed by atoms with Crippen molar-refractivity contribution in [2.75, 3.05) is 6.61 Å². The molecule has 5 fully saturated rings. The van der Waals surface area contributed by atoms with Crippen LogP contribution in [0.2, 0.25) is 0 Å². The largest absolute Gasteiger partial charge is 0.481 e. The van der Waals surface area contributed by atoms with Crippen molar-refractivity contribution in [3.05, 3.63) is 0 Å². The Labute approximate surface area is 311 Å². The Morgan fingerprint density at radius 3 is 1.82 bits per heavy atom. The van der Waals surface area contributed by atoms with Gasteiger partial charge in [0.1, 0.15) is 36.6 Å². The first-order valence-corrected chi connectivity index (χ1v) is 19.6. The van der Waals surface area contributed by atoms with E-state index in [0.29, 0.717) is 69.6 Å². The molecule has 0 saturated heterocycles. The molecule has 11 nitrogen and oxygen atoms in total. The molecule has 0 amide bonds. The van der Waals surface area contributed by atoms with Crippen molar-refractivity contribution in [1.82, 2.24) is 0 Å². The van der Waals surface area contributed by atoms with Crippen LogP contribution in [-0.4, -0.2) is 76.0 Å². The second-order valence-corrected chi connectivity index (χ2v) is 16.3. The monoisotopic (exact) mass is 754 g/mol. The van der Waals surface area contributed by atoms with Crippen LogP contribution in [0.1, 0.15) is 109 Å². The lowest BCUT2D eigenvalue weighted by Gasteiger charge is -2.41. The Hall–Kier alpha value is -2.57. The molecule has 5 aliphatic rings. The van der Waals surface area contributed by atoms with Crippen molar-refractivity contribution >= 4 is 41.1 Å². The predicted octanol–water partition coefficient (Wildman–Crippen LogP) is 6.66. The van der Waals surface area contributed by atoms with Crippen LogP contribution in [0.4, 0.5) is 0 Å². The first-order chi connectivity index (χ1) is 24.6. The van der Waals surface area contributed by atoms with E-state index in [0.717, 1.165) is 38.5 Å². The van der Waals surface area contributed by atoms with E-state index in [1.807, 2.05) is 0 Å². The highest BCUT2D eigenvalue weighted by atomic mass is 35.5. The van der Waals surface area contributed by atoms with Crippen molar-refractivity contribution in [2.45, 2.75) is 150 Å². The molecule has 5 rings (SSSR count). The molecule has 0 heterocycles. The minimum Gasteiger partial charge on any atom is -0.481 e. The van der Waals surface area contributed by atoms with E-state index in [4.69, 9.17) is 58.3 Å². The first-order valence-electron chi connectivity index (χ1n) is 18.8. The summed E-state index contributed by atoms with van der Waals surface area (Å²) in [7, 11) is 0. The van der Waals surface area contributed by atoms with Gasteiger partial charge in [-0.15, -0.1) is 23.2 Å². The molecule has 0 aromatic rings. The number of hydrogen-bond donors (Lipinski definition) is 2. The van der Waals surface area contributed by atoms with Crippen LogP contribution < -0.4 is 0 Å². The summed E-state index contributed by atoms with van der Waals surface area (Å²) in [6, 6.07) is 0. The van der Waals surface area contributed by atoms with Gasteiger partial charge in [0.2, 0.25) is 0 Å². The molecule has 0 spiro atoms. The lowest BCUT2D eigenvalue weighted by Crippen LogP contribution is -2.43. The standard InChI is InChI=1S/C38H52Cl2O11/c1-2-46-28-11-13-30(37(43)44)31(21-28)38(45)50-34-14-8-23(19-32(34)39)24-9-15-35(33(40)20-24)51-49-22-25-18-27(10-12-29(25)36(41)42)48-17-16-47-26-6-4-3-5-7-26/h1,23-35H,3-15,18-22H2,(H,41,42)(H,43,44). The zero-order chi connectivity index (χ0) is 36.3. The average Bonchev–Trinajstić information content (AvgIpc) is 3.12. The molecular formula is C38H52Cl2O11. The Balaban J connectivity index is 1.03. The van der Waals surface area contributed by atoms with Crippen LogP contribution in [0, 0.1) is 60.3 Å². The highest BCUT2D eigenvalue weighted by Gasteiger charge is 2.44. The quantitative estimate of drug-likeness (QED) is 0.0725. The number of carbonyl (C=O) groups is 3. The molecular weight excluding hydrogens is 703 g/mol. The molecule has 5 saturated carbocycles. The van der Waals surface area contributed by atoms with Crippen LogP contribution in [-0.2, 0) is 43.1 Å². The Morgan fingerprint density at radius 1 is 0.627 bits per heavy atom. The maximum Gasteiger partial charge on any atom is 0.310 e. The van der Waals surface area contributed by atoms with Crippen LogP contribution in [0.5, 0.6) is 0 Å². The van der Waals surface area contributed by atoms with Gasteiger partial charge in [-0.25, -0.2) is 9.78 Å². The molecule has 0 aliphatic heterocycles. The van der Waals surface area contributed by atoms with Crippen molar-refractivity contribution in [2.24, 2.45) is 35.5 Å². The molecule has 0 aromatic heterocycles. The van der Waals surface area contributed by atoms with E-state index in [1.54, 1.807) is 0 Å². The van der Waals surface area contributed by atoms with E-state index in [1.165, 1.54) is 6.42 Å². The number of esters is 1. The van der Waals surface area contributed by atoms with E-state index in [2.05, 4.69) is 18.3 Å². The SMILES string of the molecule is C#COC1CCC(C(=O)O)C(C(=O)OC2CCC(C3CCC(OOCC4CC(OC#COC5CCCCC5)CCC4C(=O)O)C(Cl)C3)CC2Cl)C1. The average molecular weight is 756 g/mol. The Bertz CT molecular complexity index is 1270. The second-order valence-electron chi connectivity index (χ2n) is 15.1. The number of carbonyl (C=O) groups excluding carboxylic acids is 1. The summed E-state index contributed by atoms with van der Waals surface area (Å²) in [6.45, 7) is 0.120. The number of hydrogen-bond acceptors (Lipinski definition) is 9. The minimum atomic E-state index is -1.03. The van der Waals surface area contributed by atoms with Gasteiger partial charge < -0.3 is 29.2 Å². The van der Waals surface area contributed by atoms with Crippen molar-refractivity contribution in [3.8, 4) is 24.7 Å². The van der Waals surface area contributed by atoms with Crippen LogP contribution in [0.3, 0.4) is 0 Å². The summed E-state index contributed by atoms with van der Waals surface area (Å²) in [5, 5.41) is 18.8. The summed E-state index contributed by atoms with van der Waals surface area (Å²) in [4.78, 5) is 48.4. The van der Waals surface area contributed by atoms with E-state index < -0.39 is 47.1 Å². The van der Waals surface area contributed by atoms with Gasteiger partial charge in [-0.2, -0.15) is 0 Å². The zero-order valence-electron chi connectivity index (χ0n) is 29.1. The fourth-order valence-electron chi connectivity index (χ4n) is 8.91. The third-order valence-corrected chi connectivity index (χ3v) is 12.8. The van der Waals surface area contributed by atoms with E-state index >= 15 is 0 Å². The molecule has 2 N–H and O–H groups in total. The molecule has 284 valence electrons. The van der Waals surface area contributed by atoms with Crippen LogP contribution >= 0.6 is 23.2 Å². The molecule has 0 bridgehead atoms. The topological polar surface area (TPSA) is 147 Å². The fraction of sp³-hybridized carbons (Fsp3) is 0.816. The number of alkyl halides is 2. The maximum atomic E-state index is 13.2. The molecule has 0 radical (unpaired) electrons. The van der Waals surface area contributed by atoms with Gasteiger partial charge in [-0.05, 0) is 115 Å². The summed E-state index contributed by atoms with van der Waals surface area (Å²) in [5.74, 6) is -4.34. The molecule has 51 heavy (non-hydrogen) atoms. The van der Waals surface area contributed by atoms with Crippen molar-refractivity contribution in [1.29, 1.82) is 0 Å². The van der Waals surface area contributed by atoms with Gasteiger partial charge in [-0.1, -0.05) is 12.8 Å². The van der Waals surface area contributed by atoms with Gasteiger partial charge in [0.25, 0.3) is 0 Å². The smallest absolute Gasteiger partial charge is 0.310 e. The summed E-state index contributed by atoms with van der Waals surface area (Å²) < 4.78 is 22.4. The molecule has 12 unspecified atom stereocenters. The van der Waals surface area contributed by atoms with E-state index in [-0.39, 0.29) is 48.7 Å². The van der Waals surface area contributed by atoms with Gasteiger partial charge in [0.15, 0.2) is 12.2 Å². The normalized spacial score (nSPS) is 37.4. The summed E-state index contributed by atoms with van der Waals surface area (Å²) in [6.07, 6.45) is 24.0. The van der Waals surface area contributed by atoms with Crippen molar-refractivity contribution in [3.63, 3.8) is 0 Å². The highest BCUT2D eigenvalue weighted by molar-refractivity contribution is 6.21. The number of carboxylic acid groups (broad SMARTS) is 2. The Morgan fingerprint density at radius 2 is 1.22 bits per heavy atom. The van der Waals surface area contributed by atoms with Gasteiger partial charge >= 0.3 is 17.9 Å². The van der Waals surface area contributed by atoms with Crippen molar-refractivity contribution < 1.29 is 53.3 Å². The predicted molar refractivity (Wildman–Crippen MR) is 186 cm³/mol. The third kappa shape index (κ3) is 11.2. The van der Waals surface area contributed by atoms with Gasteiger partial charge in [0, 0.05) is 5.92 Å². The lowest BCUT2D eigenvalue weighted by molar-refractivity contribution is -0.337. The highest BCUT2D eigenvalue weighted by Crippen LogP contribution is 2.43. The molecule has 13 heteroatoms. The van der Waals surface area contributed by atoms with Crippen LogP contribution in [0.25, 0.3) is 0 Å². The molecule has 0 aromatic carbocycles. The second kappa shape index (κ2) is 19.5. The fourth-order valence-corrected chi connectivity index (χ4v) is 9.71. The zero-order valence-corrected chi connectivity index (χ0v) is 30.6. The minimum absolute atomic E-state index is 0.120. The number of aliphatic carboxylic acids is 2. The molecule has 5 aliphatic carbocycles. The number of halogens is 2. The van der Waals surface area contributed by atoms with Crippen LogP contribution in [0.15, 0.2) is 0 Å².